The molecular formula is C16H23NO3. The first-order chi connectivity index (χ1) is 9.53. The van der Waals surface area contributed by atoms with E-state index in [2.05, 4.69) is 6.92 Å². The van der Waals surface area contributed by atoms with Crippen molar-refractivity contribution in [1.29, 1.82) is 0 Å². The van der Waals surface area contributed by atoms with E-state index < -0.39 is 5.54 Å². The molecule has 110 valence electrons. The second kappa shape index (κ2) is 6.27. The molecule has 2 atom stereocenters. The number of methoxy groups -OCH3 is 1. The highest BCUT2D eigenvalue weighted by Crippen LogP contribution is 2.31. The monoisotopic (exact) mass is 277 g/mol. The third-order valence-corrected chi connectivity index (χ3v) is 3.94. The Morgan fingerprint density at radius 2 is 2.30 bits per heavy atom. The minimum absolute atomic E-state index is 0.239. The first-order valence-corrected chi connectivity index (χ1v) is 7.12. The van der Waals surface area contributed by atoms with Crippen LogP contribution in [0, 0.1) is 5.92 Å². The number of benzene rings is 1. The lowest BCUT2D eigenvalue weighted by Gasteiger charge is -2.34. The smallest absolute Gasteiger partial charge is 0.326 e. The van der Waals surface area contributed by atoms with Gasteiger partial charge in [0.25, 0.3) is 0 Å². The molecule has 0 bridgehead atoms. The standard InChI is InChI=1S/C16H23NO3/c1-12-5-4-8-16(17,10-12)15(18)20-11-13-6-3-7-14(9-13)19-2/h3,6-7,9,12H,4-5,8,10-11,17H2,1-2H3. The highest BCUT2D eigenvalue weighted by molar-refractivity contribution is 5.80. The average Bonchev–Trinajstić information content (AvgIpc) is 2.44. The molecule has 0 saturated heterocycles. The first kappa shape index (κ1) is 14.9. The summed E-state index contributed by atoms with van der Waals surface area (Å²) in [7, 11) is 1.61. The van der Waals surface area contributed by atoms with Gasteiger partial charge in [0.2, 0.25) is 0 Å². The zero-order valence-corrected chi connectivity index (χ0v) is 12.2. The van der Waals surface area contributed by atoms with Crippen LogP contribution in [0.5, 0.6) is 5.75 Å². The molecule has 0 radical (unpaired) electrons. The van der Waals surface area contributed by atoms with Crippen LogP contribution < -0.4 is 10.5 Å². The minimum atomic E-state index is -0.809. The van der Waals surface area contributed by atoms with Gasteiger partial charge in [-0.1, -0.05) is 31.9 Å². The Bertz CT molecular complexity index is 475. The normalized spacial score (nSPS) is 26.1. The van der Waals surface area contributed by atoms with Gasteiger partial charge in [-0.05, 0) is 36.5 Å². The van der Waals surface area contributed by atoms with Crippen molar-refractivity contribution in [2.75, 3.05) is 7.11 Å². The van der Waals surface area contributed by atoms with Crippen LogP contribution in [0.1, 0.15) is 38.2 Å². The molecule has 1 saturated carbocycles. The Kier molecular flexibility index (Phi) is 4.65. The molecule has 1 aliphatic carbocycles. The van der Waals surface area contributed by atoms with E-state index in [1.54, 1.807) is 7.11 Å². The molecule has 1 aliphatic rings. The maximum Gasteiger partial charge on any atom is 0.326 e. The van der Waals surface area contributed by atoms with Gasteiger partial charge in [-0.15, -0.1) is 0 Å². The van der Waals surface area contributed by atoms with Gasteiger partial charge >= 0.3 is 5.97 Å². The van der Waals surface area contributed by atoms with E-state index in [9.17, 15) is 4.79 Å². The van der Waals surface area contributed by atoms with Crippen LogP contribution in [-0.4, -0.2) is 18.6 Å². The summed E-state index contributed by atoms with van der Waals surface area (Å²) in [6, 6.07) is 7.50. The van der Waals surface area contributed by atoms with Crippen molar-refractivity contribution in [2.24, 2.45) is 11.7 Å². The maximum atomic E-state index is 12.2. The van der Waals surface area contributed by atoms with Crippen LogP contribution in [0.25, 0.3) is 0 Å². The van der Waals surface area contributed by atoms with Crippen molar-refractivity contribution in [2.45, 2.75) is 44.8 Å². The Hall–Kier alpha value is -1.55. The van der Waals surface area contributed by atoms with Crippen molar-refractivity contribution in [1.82, 2.24) is 0 Å². The molecule has 4 nitrogen and oxygen atoms in total. The number of rotatable bonds is 4. The van der Waals surface area contributed by atoms with E-state index >= 15 is 0 Å². The molecular weight excluding hydrogens is 254 g/mol. The first-order valence-electron chi connectivity index (χ1n) is 7.12. The number of carbonyl (C=O) groups is 1. The predicted molar refractivity (Wildman–Crippen MR) is 77.3 cm³/mol. The summed E-state index contributed by atoms with van der Waals surface area (Å²) in [5.74, 6) is 0.956. The fraction of sp³-hybridized carbons (Fsp3) is 0.562. The van der Waals surface area contributed by atoms with Crippen LogP contribution in [0.3, 0.4) is 0 Å². The van der Waals surface area contributed by atoms with Crippen LogP contribution in [0.4, 0.5) is 0 Å². The average molecular weight is 277 g/mol. The van der Waals surface area contributed by atoms with Crippen molar-refractivity contribution >= 4 is 5.97 Å². The summed E-state index contributed by atoms with van der Waals surface area (Å²) in [4.78, 5) is 12.2. The van der Waals surface area contributed by atoms with E-state index in [0.717, 1.165) is 24.2 Å². The number of hydrogen-bond donors (Lipinski definition) is 1. The topological polar surface area (TPSA) is 61.5 Å². The van der Waals surface area contributed by atoms with Crippen LogP contribution >= 0.6 is 0 Å². The van der Waals surface area contributed by atoms with Crippen molar-refractivity contribution in [3.63, 3.8) is 0 Å². The van der Waals surface area contributed by atoms with Gasteiger partial charge in [0.15, 0.2) is 0 Å². The van der Waals surface area contributed by atoms with Crippen molar-refractivity contribution in [3.8, 4) is 5.75 Å². The summed E-state index contributed by atoms with van der Waals surface area (Å²) < 4.78 is 10.5. The predicted octanol–water partition coefficient (Wildman–Crippen LogP) is 2.65. The SMILES string of the molecule is COc1cccc(COC(=O)C2(N)CCCC(C)C2)c1. The molecule has 0 heterocycles. The van der Waals surface area contributed by atoms with Gasteiger partial charge in [0.05, 0.1) is 7.11 Å². The number of nitrogens with two attached hydrogens (primary N) is 1. The Balaban J connectivity index is 1.94. The molecule has 0 aliphatic heterocycles. The molecule has 4 heteroatoms. The summed E-state index contributed by atoms with van der Waals surface area (Å²) in [6.45, 7) is 2.37. The molecule has 2 unspecified atom stereocenters. The minimum Gasteiger partial charge on any atom is -0.497 e. The molecule has 1 aromatic rings. The zero-order chi connectivity index (χ0) is 14.6. The lowest BCUT2D eigenvalue weighted by Crippen LogP contribution is -2.51. The van der Waals surface area contributed by atoms with E-state index in [1.165, 1.54) is 0 Å². The fourth-order valence-corrected chi connectivity index (χ4v) is 2.83. The van der Waals surface area contributed by atoms with Crippen LogP contribution in [0.2, 0.25) is 0 Å². The highest BCUT2D eigenvalue weighted by Gasteiger charge is 2.39. The maximum absolute atomic E-state index is 12.2. The number of carbonyl (C=O) groups excluding carboxylic acids is 1. The fourth-order valence-electron chi connectivity index (χ4n) is 2.83. The van der Waals surface area contributed by atoms with E-state index in [-0.39, 0.29) is 12.6 Å². The number of esters is 1. The van der Waals surface area contributed by atoms with E-state index in [0.29, 0.717) is 18.8 Å². The summed E-state index contributed by atoms with van der Waals surface area (Å²) >= 11 is 0. The van der Waals surface area contributed by atoms with Gasteiger partial charge in [0.1, 0.15) is 17.9 Å². The third kappa shape index (κ3) is 3.51. The quantitative estimate of drug-likeness (QED) is 0.859. The summed E-state index contributed by atoms with van der Waals surface area (Å²) in [6.07, 6.45) is 3.56. The number of hydrogen-bond acceptors (Lipinski definition) is 4. The Morgan fingerprint density at radius 3 is 3.00 bits per heavy atom. The second-order valence-electron chi connectivity index (χ2n) is 5.79. The van der Waals surface area contributed by atoms with Crippen LogP contribution in [0.15, 0.2) is 24.3 Å². The largest absolute Gasteiger partial charge is 0.497 e. The van der Waals surface area contributed by atoms with Gasteiger partial charge in [0, 0.05) is 0 Å². The molecule has 2 N–H and O–H groups in total. The highest BCUT2D eigenvalue weighted by atomic mass is 16.5. The lowest BCUT2D eigenvalue weighted by atomic mass is 9.77. The lowest BCUT2D eigenvalue weighted by molar-refractivity contribution is -0.153. The summed E-state index contributed by atoms with van der Waals surface area (Å²) in [5.41, 5.74) is 6.31. The van der Waals surface area contributed by atoms with Gasteiger partial charge in [-0.2, -0.15) is 0 Å². The van der Waals surface area contributed by atoms with E-state index in [4.69, 9.17) is 15.2 Å². The molecule has 0 amide bonds. The molecule has 20 heavy (non-hydrogen) atoms. The van der Waals surface area contributed by atoms with Crippen molar-refractivity contribution in [3.05, 3.63) is 29.8 Å². The molecule has 2 rings (SSSR count). The van der Waals surface area contributed by atoms with Gasteiger partial charge in [-0.25, -0.2) is 0 Å². The number of ether oxygens (including phenoxy) is 2. The Labute approximate surface area is 120 Å². The third-order valence-electron chi connectivity index (χ3n) is 3.94. The second-order valence-corrected chi connectivity index (χ2v) is 5.79. The molecule has 1 aromatic carbocycles. The zero-order valence-electron chi connectivity index (χ0n) is 12.2. The van der Waals surface area contributed by atoms with Crippen LogP contribution in [-0.2, 0) is 16.1 Å². The molecule has 0 spiro atoms. The Morgan fingerprint density at radius 1 is 1.50 bits per heavy atom. The van der Waals surface area contributed by atoms with Gasteiger partial charge in [-0.3, -0.25) is 4.79 Å². The molecule has 1 fully saturated rings. The van der Waals surface area contributed by atoms with E-state index in [1.807, 2.05) is 24.3 Å². The summed E-state index contributed by atoms with van der Waals surface area (Å²) in [5, 5.41) is 0. The van der Waals surface area contributed by atoms with Crippen molar-refractivity contribution < 1.29 is 14.3 Å². The van der Waals surface area contributed by atoms with Gasteiger partial charge < -0.3 is 15.2 Å². The molecule has 0 aromatic heterocycles.